The molecule has 0 atom stereocenters. The van der Waals surface area contributed by atoms with Crippen molar-refractivity contribution in [2.75, 3.05) is 26.0 Å². The third-order valence-corrected chi connectivity index (χ3v) is 3.71. The molecule has 0 aliphatic carbocycles. The Kier molecular flexibility index (Phi) is 4.19. The van der Waals surface area contributed by atoms with E-state index in [1.54, 1.807) is 0 Å². The first kappa shape index (κ1) is 12.9. The second-order valence-electron chi connectivity index (χ2n) is 3.46. The first-order chi connectivity index (χ1) is 7.48. The highest BCUT2D eigenvalue weighted by Crippen LogP contribution is 2.11. The van der Waals surface area contributed by atoms with Gasteiger partial charge in [-0.25, -0.2) is 22.7 Å². The van der Waals surface area contributed by atoms with E-state index < -0.39 is 10.0 Å². The first-order valence-electron chi connectivity index (χ1n) is 4.97. The molecule has 0 aliphatic heterocycles. The summed E-state index contributed by atoms with van der Waals surface area (Å²) in [4.78, 5) is 7.97. The zero-order valence-electron chi connectivity index (χ0n) is 9.64. The van der Waals surface area contributed by atoms with Crippen LogP contribution in [0.15, 0.2) is 17.3 Å². The number of rotatable bonds is 5. The number of sulfonamides is 1. The summed E-state index contributed by atoms with van der Waals surface area (Å²) in [5.41, 5.74) is 0. The SMILES string of the molecule is CCCNc1ncc(S(=O)(=O)N(C)C)cn1. The lowest BCUT2D eigenvalue weighted by atomic mass is 10.5. The number of aromatic nitrogens is 2. The summed E-state index contributed by atoms with van der Waals surface area (Å²) < 4.78 is 24.5. The Labute approximate surface area is 95.8 Å². The van der Waals surface area contributed by atoms with Crippen LogP contribution in [0.5, 0.6) is 0 Å². The maximum atomic E-state index is 11.7. The molecule has 0 spiro atoms. The van der Waals surface area contributed by atoms with Crippen molar-refractivity contribution in [3.63, 3.8) is 0 Å². The van der Waals surface area contributed by atoms with E-state index in [2.05, 4.69) is 15.3 Å². The molecule has 1 aromatic heterocycles. The molecule has 0 bridgehead atoms. The fourth-order valence-electron chi connectivity index (χ4n) is 0.988. The van der Waals surface area contributed by atoms with Crippen LogP contribution >= 0.6 is 0 Å². The summed E-state index contributed by atoms with van der Waals surface area (Å²) in [5.74, 6) is 0.444. The van der Waals surface area contributed by atoms with Crippen LogP contribution in [0.25, 0.3) is 0 Å². The molecule has 0 saturated carbocycles. The van der Waals surface area contributed by atoms with Crippen molar-refractivity contribution in [2.24, 2.45) is 0 Å². The Morgan fingerprint density at radius 1 is 1.31 bits per heavy atom. The highest BCUT2D eigenvalue weighted by atomic mass is 32.2. The second kappa shape index (κ2) is 5.22. The average molecular weight is 244 g/mol. The number of anilines is 1. The molecule has 0 radical (unpaired) electrons. The maximum Gasteiger partial charge on any atom is 0.245 e. The molecule has 90 valence electrons. The van der Waals surface area contributed by atoms with Crippen molar-refractivity contribution in [1.29, 1.82) is 0 Å². The van der Waals surface area contributed by atoms with Crippen LogP contribution in [-0.4, -0.2) is 43.3 Å². The first-order valence-corrected chi connectivity index (χ1v) is 6.41. The summed E-state index contributed by atoms with van der Waals surface area (Å²) in [6.07, 6.45) is 3.57. The van der Waals surface area contributed by atoms with Gasteiger partial charge in [0.05, 0.1) is 12.4 Å². The van der Waals surface area contributed by atoms with Gasteiger partial charge in [-0.15, -0.1) is 0 Å². The fraction of sp³-hybridized carbons (Fsp3) is 0.556. The summed E-state index contributed by atoms with van der Waals surface area (Å²) in [5, 5.41) is 2.97. The molecule has 1 aromatic rings. The Morgan fingerprint density at radius 2 is 1.88 bits per heavy atom. The summed E-state index contributed by atoms with van der Waals surface area (Å²) in [6.45, 7) is 2.79. The molecule has 0 aliphatic rings. The fourth-order valence-corrected chi connectivity index (χ4v) is 1.78. The molecule has 1 heterocycles. The normalized spacial score (nSPS) is 11.8. The molecule has 1 rings (SSSR count). The van der Waals surface area contributed by atoms with E-state index >= 15 is 0 Å². The van der Waals surface area contributed by atoms with Gasteiger partial charge in [-0.05, 0) is 6.42 Å². The van der Waals surface area contributed by atoms with Crippen molar-refractivity contribution in [3.8, 4) is 0 Å². The number of hydrogen-bond donors (Lipinski definition) is 1. The predicted molar refractivity (Wildman–Crippen MR) is 61.7 cm³/mol. The topological polar surface area (TPSA) is 75.2 Å². The highest BCUT2D eigenvalue weighted by molar-refractivity contribution is 7.89. The van der Waals surface area contributed by atoms with E-state index in [9.17, 15) is 8.42 Å². The minimum absolute atomic E-state index is 0.0968. The molecule has 0 aromatic carbocycles. The van der Waals surface area contributed by atoms with Crippen LogP contribution in [-0.2, 0) is 10.0 Å². The van der Waals surface area contributed by atoms with Crippen LogP contribution in [0.2, 0.25) is 0 Å². The van der Waals surface area contributed by atoms with Gasteiger partial charge in [0.25, 0.3) is 0 Å². The molecule has 0 fully saturated rings. The van der Waals surface area contributed by atoms with Gasteiger partial charge in [0.2, 0.25) is 16.0 Å². The van der Waals surface area contributed by atoms with Crippen LogP contribution in [0.4, 0.5) is 5.95 Å². The standard InChI is InChI=1S/C9H16N4O2S/c1-4-5-10-9-11-6-8(7-12-9)16(14,15)13(2)3/h6-7H,4-5H2,1-3H3,(H,10,11,12). The second-order valence-corrected chi connectivity index (χ2v) is 5.61. The Balaban J connectivity index is 2.87. The van der Waals surface area contributed by atoms with E-state index in [0.717, 1.165) is 17.3 Å². The molecule has 0 unspecified atom stereocenters. The third-order valence-electron chi connectivity index (χ3n) is 1.94. The van der Waals surface area contributed by atoms with Gasteiger partial charge < -0.3 is 5.32 Å². The molecule has 1 N–H and O–H groups in total. The van der Waals surface area contributed by atoms with E-state index in [1.165, 1.54) is 26.5 Å². The van der Waals surface area contributed by atoms with Gasteiger partial charge in [-0.2, -0.15) is 0 Å². The van der Waals surface area contributed by atoms with Crippen molar-refractivity contribution >= 4 is 16.0 Å². The van der Waals surface area contributed by atoms with Crippen LogP contribution < -0.4 is 5.32 Å². The Morgan fingerprint density at radius 3 is 2.31 bits per heavy atom. The maximum absolute atomic E-state index is 11.7. The molecule has 0 saturated heterocycles. The monoisotopic (exact) mass is 244 g/mol. The minimum atomic E-state index is -3.43. The average Bonchev–Trinajstić information content (AvgIpc) is 2.26. The van der Waals surface area contributed by atoms with Crippen molar-refractivity contribution in [3.05, 3.63) is 12.4 Å². The van der Waals surface area contributed by atoms with Gasteiger partial charge in [0, 0.05) is 20.6 Å². The Bertz CT molecular complexity index is 427. The molecule has 7 heteroatoms. The lowest BCUT2D eigenvalue weighted by Gasteiger charge is -2.10. The lowest BCUT2D eigenvalue weighted by Crippen LogP contribution is -2.22. The van der Waals surface area contributed by atoms with Gasteiger partial charge in [-0.3, -0.25) is 0 Å². The molecular weight excluding hydrogens is 228 g/mol. The zero-order valence-corrected chi connectivity index (χ0v) is 10.5. The lowest BCUT2D eigenvalue weighted by molar-refractivity contribution is 0.520. The Hall–Kier alpha value is -1.21. The van der Waals surface area contributed by atoms with Gasteiger partial charge in [0.15, 0.2) is 0 Å². The van der Waals surface area contributed by atoms with Crippen molar-refractivity contribution in [1.82, 2.24) is 14.3 Å². The molecule has 0 amide bonds. The van der Waals surface area contributed by atoms with E-state index in [-0.39, 0.29) is 4.90 Å². The molecular formula is C9H16N4O2S. The number of hydrogen-bond acceptors (Lipinski definition) is 5. The van der Waals surface area contributed by atoms with E-state index in [0.29, 0.717) is 5.95 Å². The van der Waals surface area contributed by atoms with Crippen LogP contribution in [0.3, 0.4) is 0 Å². The van der Waals surface area contributed by atoms with Crippen LogP contribution in [0, 0.1) is 0 Å². The summed E-state index contributed by atoms with van der Waals surface area (Å²) in [6, 6.07) is 0. The van der Waals surface area contributed by atoms with Crippen molar-refractivity contribution < 1.29 is 8.42 Å². The zero-order chi connectivity index (χ0) is 12.2. The third kappa shape index (κ3) is 2.89. The smallest absolute Gasteiger partial charge is 0.245 e. The van der Waals surface area contributed by atoms with Gasteiger partial charge >= 0.3 is 0 Å². The quantitative estimate of drug-likeness (QED) is 0.818. The van der Waals surface area contributed by atoms with E-state index in [1.807, 2.05) is 6.92 Å². The predicted octanol–water partition coefficient (Wildman–Crippen LogP) is 0.549. The van der Waals surface area contributed by atoms with E-state index in [4.69, 9.17) is 0 Å². The summed E-state index contributed by atoms with van der Waals surface area (Å²) in [7, 11) is -0.492. The molecule has 16 heavy (non-hydrogen) atoms. The largest absolute Gasteiger partial charge is 0.354 e. The minimum Gasteiger partial charge on any atom is -0.354 e. The molecule has 6 nitrogen and oxygen atoms in total. The van der Waals surface area contributed by atoms with Crippen LogP contribution in [0.1, 0.15) is 13.3 Å². The van der Waals surface area contributed by atoms with Crippen molar-refractivity contribution in [2.45, 2.75) is 18.2 Å². The summed E-state index contributed by atoms with van der Waals surface area (Å²) >= 11 is 0. The number of nitrogens with zero attached hydrogens (tertiary/aromatic N) is 3. The van der Waals surface area contributed by atoms with Gasteiger partial charge in [0.1, 0.15) is 4.90 Å². The van der Waals surface area contributed by atoms with Gasteiger partial charge in [-0.1, -0.05) is 6.92 Å². The number of nitrogens with one attached hydrogen (secondary N) is 1. The highest BCUT2D eigenvalue weighted by Gasteiger charge is 2.17.